The van der Waals surface area contributed by atoms with E-state index in [1.54, 1.807) is 12.1 Å². The molecule has 0 bridgehead atoms. The molecule has 2 aromatic heterocycles. The molecule has 4 rings (SSSR count). The van der Waals surface area contributed by atoms with Gasteiger partial charge in [-0.3, -0.25) is 10.1 Å². The average molecular weight is 475 g/mol. The molecule has 2 aromatic carbocycles. The van der Waals surface area contributed by atoms with Gasteiger partial charge in [-0.1, -0.05) is 41.9 Å². The Morgan fingerprint density at radius 1 is 1.09 bits per heavy atom. The zero-order valence-corrected chi connectivity index (χ0v) is 17.8. The van der Waals surface area contributed by atoms with Crippen LogP contribution in [0.25, 0.3) is 17.0 Å². The summed E-state index contributed by atoms with van der Waals surface area (Å²) in [5.41, 5.74) is 0.968. The molecule has 4 aromatic rings. The quantitative estimate of drug-likeness (QED) is 0.233. The molecule has 13 heteroatoms. The zero-order chi connectivity index (χ0) is 22.7. The number of nitrogens with one attached hydrogen (secondary N) is 1. The van der Waals surface area contributed by atoms with Crippen LogP contribution in [-0.4, -0.2) is 46.3 Å². The molecule has 0 spiro atoms. The molecule has 0 radical (unpaired) electrons. The van der Waals surface area contributed by atoms with Crippen LogP contribution in [-0.2, 0) is 10.0 Å². The highest BCUT2D eigenvalue weighted by Gasteiger charge is 2.21. The van der Waals surface area contributed by atoms with Crippen LogP contribution in [0, 0.1) is 10.1 Å². The number of fused-ring (bicyclic) bond motifs is 1. The van der Waals surface area contributed by atoms with Gasteiger partial charge in [0.25, 0.3) is 5.69 Å². The van der Waals surface area contributed by atoms with Crippen LogP contribution < -0.4 is 9.46 Å². The van der Waals surface area contributed by atoms with Crippen molar-refractivity contribution in [3.63, 3.8) is 0 Å². The summed E-state index contributed by atoms with van der Waals surface area (Å²) in [5, 5.41) is 23.3. The van der Waals surface area contributed by atoms with E-state index in [0.717, 1.165) is 23.8 Å². The number of halogens is 1. The Hall–Kier alpha value is -3.61. The summed E-state index contributed by atoms with van der Waals surface area (Å²) in [7, 11) is -4.08. The smallest absolute Gasteiger partial charge is 0.270 e. The molecule has 11 nitrogen and oxygen atoms in total. The van der Waals surface area contributed by atoms with Gasteiger partial charge in [-0.2, -0.15) is 4.52 Å². The largest absolute Gasteiger partial charge is 0.475 e. The molecule has 0 saturated heterocycles. The van der Waals surface area contributed by atoms with Gasteiger partial charge in [-0.05, 0) is 12.1 Å². The number of nitrogens with zero attached hydrogens (tertiary/aromatic N) is 5. The summed E-state index contributed by atoms with van der Waals surface area (Å²) in [5.74, 6) is 0.772. The Balaban J connectivity index is 1.44. The summed E-state index contributed by atoms with van der Waals surface area (Å²) in [4.78, 5) is 9.82. The van der Waals surface area contributed by atoms with E-state index in [4.69, 9.17) is 16.3 Å². The summed E-state index contributed by atoms with van der Waals surface area (Å²) in [6.45, 7) is -0.165. The van der Waals surface area contributed by atoms with Gasteiger partial charge < -0.3 is 4.74 Å². The fourth-order valence-electron chi connectivity index (χ4n) is 2.84. The molecule has 0 saturated carbocycles. The van der Waals surface area contributed by atoms with Crippen LogP contribution >= 0.6 is 11.6 Å². The first-order valence-corrected chi connectivity index (χ1v) is 11.1. The molecule has 32 heavy (non-hydrogen) atoms. The van der Waals surface area contributed by atoms with Crippen molar-refractivity contribution in [2.75, 3.05) is 13.2 Å². The molecular formula is C19H15ClN6O5S. The second-order valence-corrected chi connectivity index (χ2v) is 8.59. The maximum Gasteiger partial charge on any atom is 0.270 e. The summed E-state index contributed by atoms with van der Waals surface area (Å²) < 4.78 is 34.3. The number of aromatic nitrogens is 4. The summed E-state index contributed by atoms with van der Waals surface area (Å²) >= 11 is 5.91. The molecule has 164 valence electrons. The average Bonchev–Trinajstić information content (AvgIpc) is 3.20. The Bertz CT molecular complexity index is 1390. The third kappa shape index (κ3) is 4.51. The maximum absolute atomic E-state index is 12.5. The van der Waals surface area contributed by atoms with Crippen molar-refractivity contribution in [3.05, 3.63) is 75.8 Å². The summed E-state index contributed by atoms with van der Waals surface area (Å²) in [6.07, 6.45) is 0. The maximum atomic E-state index is 12.5. The first-order chi connectivity index (χ1) is 15.3. The highest BCUT2D eigenvalue weighted by molar-refractivity contribution is 7.89. The van der Waals surface area contributed by atoms with Crippen molar-refractivity contribution in [2.24, 2.45) is 0 Å². The molecule has 0 aliphatic carbocycles. The molecular weight excluding hydrogens is 460 g/mol. The van der Waals surface area contributed by atoms with E-state index in [2.05, 4.69) is 20.0 Å². The lowest BCUT2D eigenvalue weighted by molar-refractivity contribution is -0.385. The lowest BCUT2D eigenvalue weighted by atomic mass is 10.2. The van der Waals surface area contributed by atoms with Crippen molar-refractivity contribution in [1.29, 1.82) is 0 Å². The number of hydrogen-bond donors (Lipinski definition) is 1. The second kappa shape index (κ2) is 8.86. The van der Waals surface area contributed by atoms with Crippen molar-refractivity contribution in [2.45, 2.75) is 4.90 Å². The molecule has 0 aliphatic rings. The van der Waals surface area contributed by atoms with Crippen molar-refractivity contribution in [3.8, 4) is 17.3 Å². The van der Waals surface area contributed by atoms with Gasteiger partial charge in [0.15, 0.2) is 11.5 Å². The first kappa shape index (κ1) is 21.6. The van der Waals surface area contributed by atoms with E-state index in [1.165, 1.54) is 4.52 Å². The molecule has 0 atom stereocenters. The third-order valence-corrected chi connectivity index (χ3v) is 6.27. The molecule has 0 unspecified atom stereocenters. The number of benzene rings is 2. The van der Waals surface area contributed by atoms with Gasteiger partial charge in [0.05, 0.1) is 9.95 Å². The fraction of sp³-hybridized carbons (Fsp3) is 0.105. The van der Waals surface area contributed by atoms with Crippen LogP contribution in [0.1, 0.15) is 0 Å². The summed E-state index contributed by atoms with van der Waals surface area (Å²) in [6, 6.07) is 15.8. The molecule has 0 amide bonds. The highest BCUT2D eigenvalue weighted by atomic mass is 35.5. The van der Waals surface area contributed by atoms with Gasteiger partial charge in [-0.15, -0.1) is 15.3 Å². The topological polar surface area (TPSA) is 142 Å². The SMILES string of the molecule is O=[N+]([O-])c1ccc(Cl)c(S(=O)(=O)NCCOc2ccc3nnc(-c4ccccc4)n3n2)c1. The van der Waals surface area contributed by atoms with Crippen LogP contribution in [0.5, 0.6) is 5.88 Å². The highest BCUT2D eigenvalue weighted by Crippen LogP contribution is 2.26. The minimum atomic E-state index is -4.08. The van der Waals surface area contributed by atoms with Gasteiger partial charge in [0.1, 0.15) is 11.5 Å². The Morgan fingerprint density at radius 3 is 2.62 bits per heavy atom. The van der Waals surface area contributed by atoms with Crippen LogP contribution in [0.2, 0.25) is 5.02 Å². The van der Waals surface area contributed by atoms with E-state index >= 15 is 0 Å². The van der Waals surface area contributed by atoms with E-state index in [0.29, 0.717) is 11.5 Å². The van der Waals surface area contributed by atoms with Gasteiger partial charge >= 0.3 is 0 Å². The zero-order valence-electron chi connectivity index (χ0n) is 16.3. The van der Waals surface area contributed by atoms with E-state index in [9.17, 15) is 18.5 Å². The van der Waals surface area contributed by atoms with Gasteiger partial charge in [-0.25, -0.2) is 13.1 Å². The second-order valence-electron chi connectivity index (χ2n) is 6.45. The Morgan fingerprint density at radius 2 is 1.88 bits per heavy atom. The van der Waals surface area contributed by atoms with E-state index < -0.39 is 14.9 Å². The predicted molar refractivity (Wildman–Crippen MR) is 115 cm³/mol. The molecule has 0 aliphatic heterocycles. The third-order valence-electron chi connectivity index (χ3n) is 4.33. The Labute approximate surface area is 186 Å². The lowest BCUT2D eigenvalue weighted by Gasteiger charge is -2.09. The first-order valence-electron chi connectivity index (χ1n) is 9.19. The van der Waals surface area contributed by atoms with Crippen LogP contribution in [0.15, 0.2) is 65.6 Å². The predicted octanol–water partition coefficient (Wildman–Crippen LogP) is 2.71. The van der Waals surface area contributed by atoms with Crippen molar-refractivity contribution < 1.29 is 18.1 Å². The number of hydrogen-bond acceptors (Lipinski definition) is 8. The molecule has 2 heterocycles. The number of nitro benzene ring substituents is 1. The van der Waals surface area contributed by atoms with E-state index in [-0.39, 0.29) is 34.6 Å². The number of sulfonamides is 1. The van der Waals surface area contributed by atoms with Crippen LogP contribution in [0.4, 0.5) is 5.69 Å². The normalized spacial score (nSPS) is 11.5. The Kier molecular flexibility index (Phi) is 5.99. The number of non-ortho nitro benzene ring substituents is 1. The number of rotatable bonds is 8. The lowest BCUT2D eigenvalue weighted by Crippen LogP contribution is -2.28. The minimum Gasteiger partial charge on any atom is -0.475 e. The minimum absolute atomic E-state index is 0.0485. The van der Waals surface area contributed by atoms with Crippen molar-refractivity contribution >= 4 is 33.0 Å². The molecule has 1 N–H and O–H groups in total. The van der Waals surface area contributed by atoms with Crippen LogP contribution in [0.3, 0.4) is 0 Å². The van der Waals surface area contributed by atoms with Gasteiger partial charge in [0.2, 0.25) is 15.9 Å². The number of ether oxygens (including phenoxy) is 1. The molecule has 0 fully saturated rings. The standard InChI is InChI=1S/C19H15ClN6O5S/c20-15-7-6-14(26(27)28)12-16(15)32(29,30)21-10-11-31-18-9-8-17-22-23-19(25(17)24-18)13-4-2-1-3-5-13/h1-9,12,21H,10-11H2. The monoisotopic (exact) mass is 474 g/mol. The number of nitro groups is 1. The van der Waals surface area contributed by atoms with Crippen molar-refractivity contribution in [1.82, 2.24) is 24.5 Å². The van der Waals surface area contributed by atoms with Gasteiger partial charge in [0, 0.05) is 30.3 Å². The van der Waals surface area contributed by atoms with E-state index in [1.807, 2.05) is 30.3 Å². The fourth-order valence-corrected chi connectivity index (χ4v) is 4.37.